The second kappa shape index (κ2) is 14.7. The molecule has 0 bridgehead atoms. The largest absolute Gasteiger partial charge is 0.507 e. The number of carbonyl (C=O) groups is 1. The molecule has 0 saturated carbocycles. The summed E-state index contributed by atoms with van der Waals surface area (Å²) in [6.45, 7) is 1.53. The van der Waals surface area contributed by atoms with E-state index in [0.717, 1.165) is 32.1 Å². The van der Waals surface area contributed by atoms with Gasteiger partial charge < -0.3 is 48.9 Å². The van der Waals surface area contributed by atoms with Crippen LogP contribution in [0.2, 0.25) is 0 Å². The van der Waals surface area contributed by atoms with Crippen molar-refractivity contribution in [3.05, 3.63) is 52.9 Å². The summed E-state index contributed by atoms with van der Waals surface area (Å²) in [6, 6.07) is 8.78. The van der Waals surface area contributed by atoms with Gasteiger partial charge in [-0.2, -0.15) is 0 Å². The number of unbranched alkanes of at least 4 members (excludes halogenated alkanes) is 4. The summed E-state index contributed by atoms with van der Waals surface area (Å²) in [4.78, 5) is 25.7. The summed E-state index contributed by atoms with van der Waals surface area (Å²) in [5.41, 5.74) is 0.145. The SMILES string of the molecule is CCCCCCC[C@@H](Oc1cc(O)c2c(=O)c(-c3ccc(O[C@H]4O[C@@H](CO)[C@H](O)[C@@H](O)[C@@H]4O)cc3)coc2c1)C(=O)OC. The van der Waals surface area contributed by atoms with Crippen molar-refractivity contribution in [3.63, 3.8) is 0 Å². The molecular weight excluding hydrogens is 564 g/mol. The van der Waals surface area contributed by atoms with Gasteiger partial charge in [-0.15, -0.1) is 0 Å². The number of aliphatic hydroxyl groups excluding tert-OH is 4. The lowest BCUT2D eigenvalue weighted by molar-refractivity contribution is -0.277. The minimum absolute atomic E-state index is 0.0675. The Morgan fingerprint density at radius 1 is 0.977 bits per heavy atom. The monoisotopic (exact) mass is 602 g/mol. The number of phenolic OH excluding ortho intramolecular Hbond substituents is 1. The zero-order chi connectivity index (χ0) is 31.1. The molecule has 0 amide bonds. The molecule has 43 heavy (non-hydrogen) atoms. The summed E-state index contributed by atoms with van der Waals surface area (Å²) in [5.74, 6) is -0.545. The Labute approximate surface area is 248 Å². The van der Waals surface area contributed by atoms with Crippen LogP contribution >= 0.6 is 0 Å². The number of ether oxygens (including phenoxy) is 4. The number of methoxy groups -OCH3 is 1. The third-order valence-electron chi connectivity index (χ3n) is 7.41. The molecule has 1 saturated heterocycles. The number of phenols is 1. The molecule has 234 valence electrons. The Morgan fingerprint density at radius 2 is 1.70 bits per heavy atom. The van der Waals surface area contributed by atoms with E-state index in [1.807, 2.05) is 0 Å². The fourth-order valence-electron chi connectivity index (χ4n) is 4.94. The predicted molar refractivity (Wildman–Crippen MR) is 154 cm³/mol. The van der Waals surface area contributed by atoms with E-state index in [0.29, 0.717) is 12.0 Å². The smallest absolute Gasteiger partial charge is 0.347 e. The maximum absolute atomic E-state index is 13.4. The normalized spacial score (nSPS) is 22.7. The van der Waals surface area contributed by atoms with Crippen LogP contribution in [0.4, 0.5) is 0 Å². The highest BCUT2D eigenvalue weighted by molar-refractivity contribution is 5.88. The zero-order valence-electron chi connectivity index (χ0n) is 24.0. The van der Waals surface area contributed by atoms with Crippen molar-refractivity contribution < 1.29 is 53.7 Å². The molecule has 0 aliphatic carbocycles. The molecule has 1 aliphatic heterocycles. The fraction of sp³-hybridized carbons (Fsp3) is 0.484. The fourth-order valence-corrected chi connectivity index (χ4v) is 4.94. The van der Waals surface area contributed by atoms with Gasteiger partial charge in [-0.3, -0.25) is 4.79 Å². The van der Waals surface area contributed by atoms with Crippen molar-refractivity contribution in [1.29, 1.82) is 0 Å². The van der Waals surface area contributed by atoms with Gasteiger partial charge in [0.15, 0.2) is 6.10 Å². The maximum Gasteiger partial charge on any atom is 0.347 e. The first-order chi connectivity index (χ1) is 20.7. The van der Waals surface area contributed by atoms with E-state index in [2.05, 4.69) is 6.92 Å². The minimum Gasteiger partial charge on any atom is -0.507 e. The standard InChI is InChI=1S/C31H38O12/c1-3-4-5-6-7-8-22(30(38)39-2)41-19-13-21(33)25-23(14-19)40-16-20(26(25)34)17-9-11-18(12-10-17)42-31-29(37)28(36)27(35)24(15-32)43-31/h9-14,16,22,24,27-29,31-33,35-37H,3-8,15H2,1-2H3/t22-,24+,27+,28-,29+,31+/m1/s1. The highest BCUT2D eigenvalue weighted by Gasteiger charge is 2.44. The van der Waals surface area contributed by atoms with Crippen LogP contribution in [0.3, 0.4) is 0 Å². The summed E-state index contributed by atoms with van der Waals surface area (Å²) in [6.07, 6.45) is -1.35. The Kier molecular flexibility index (Phi) is 11.0. The molecule has 12 nitrogen and oxygen atoms in total. The van der Waals surface area contributed by atoms with Gasteiger partial charge in [0.2, 0.25) is 11.7 Å². The van der Waals surface area contributed by atoms with Gasteiger partial charge in [-0.25, -0.2) is 4.79 Å². The number of fused-ring (bicyclic) bond motifs is 1. The number of aromatic hydroxyl groups is 1. The Bertz CT molecular complexity index is 1420. The molecule has 1 aromatic heterocycles. The van der Waals surface area contributed by atoms with E-state index < -0.39 is 54.8 Å². The number of carbonyl (C=O) groups excluding carboxylic acids is 1. The molecular formula is C31H38O12. The maximum atomic E-state index is 13.4. The number of aliphatic hydroxyl groups is 4. The first-order valence-corrected chi connectivity index (χ1v) is 14.3. The van der Waals surface area contributed by atoms with Gasteiger partial charge in [0, 0.05) is 12.1 Å². The Hall–Kier alpha value is -3.68. The van der Waals surface area contributed by atoms with Gasteiger partial charge in [0.05, 0.1) is 19.3 Å². The topological polar surface area (TPSA) is 185 Å². The molecule has 1 aliphatic rings. The van der Waals surface area contributed by atoms with Gasteiger partial charge in [0.25, 0.3) is 0 Å². The Balaban J connectivity index is 1.50. The van der Waals surface area contributed by atoms with Gasteiger partial charge in [0.1, 0.15) is 58.9 Å². The van der Waals surface area contributed by atoms with Crippen molar-refractivity contribution in [2.45, 2.75) is 82.3 Å². The molecule has 0 unspecified atom stereocenters. The first-order valence-electron chi connectivity index (χ1n) is 14.3. The van der Waals surface area contributed by atoms with Crippen molar-refractivity contribution in [2.75, 3.05) is 13.7 Å². The molecule has 0 radical (unpaired) electrons. The van der Waals surface area contributed by atoms with Crippen molar-refractivity contribution in [3.8, 4) is 28.4 Å². The molecule has 2 heterocycles. The molecule has 2 aromatic carbocycles. The lowest BCUT2D eigenvalue weighted by Gasteiger charge is -2.39. The third-order valence-corrected chi connectivity index (χ3v) is 7.41. The van der Waals surface area contributed by atoms with Crippen LogP contribution < -0.4 is 14.9 Å². The highest BCUT2D eigenvalue weighted by atomic mass is 16.7. The van der Waals surface area contributed by atoms with Crippen LogP contribution in [-0.4, -0.2) is 82.0 Å². The average Bonchev–Trinajstić information content (AvgIpc) is 3.00. The van der Waals surface area contributed by atoms with Gasteiger partial charge in [-0.05, 0) is 30.5 Å². The number of hydrogen-bond acceptors (Lipinski definition) is 12. The van der Waals surface area contributed by atoms with Crippen LogP contribution in [0.15, 0.2) is 51.9 Å². The van der Waals surface area contributed by atoms with Crippen molar-refractivity contribution >= 4 is 16.9 Å². The van der Waals surface area contributed by atoms with E-state index in [1.165, 1.54) is 37.6 Å². The van der Waals surface area contributed by atoms with Crippen molar-refractivity contribution in [2.24, 2.45) is 0 Å². The van der Waals surface area contributed by atoms with E-state index in [-0.39, 0.29) is 33.8 Å². The average molecular weight is 603 g/mol. The summed E-state index contributed by atoms with van der Waals surface area (Å²) < 4.78 is 27.4. The zero-order valence-corrected chi connectivity index (χ0v) is 24.0. The van der Waals surface area contributed by atoms with E-state index >= 15 is 0 Å². The summed E-state index contributed by atoms with van der Waals surface area (Å²) in [7, 11) is 1.28. The quantitative estimate of drug-likeness (QED) is 0.142. The van der Waals surface area contributed by atoms with Gasteiger partial charge >= 0.3 is 5.97 Å². The van der Waals surface area contributed by atoms with E-state index in [9.17, 15) is 35.1 Å². The number of esters is 1. The van der Waals surface area contributed by atoms with Crippen LogP contribution in [0.1, 0.15) is 45.4 Å². The second-order valence-corrected chi connectivity index (χ2v) is 10.5. The van der Waals surface area contributed by atoms with Gasteiger partial charge in [-0.1, -0.05) is 44.7 Å². The number of rotatable bonds is 13. The lowest BCUT2D eigenvalue weighted by atomic mass is 9.99. The number of benzene rings is 2. The lowest BCUT2D eigenvalue weighted by Crippen LogP contribution is -2.60. The molecule has 12 heteroatoms. The van der Waals surface area contributed by atoms with Crippen LogP contribution in [0.5, 0.6) is 17.2 Å². The van der Waals surface area contributed by atoms with Crippen LogP contribution in [-0.2, 0) is 14.3 Å². The number of hydrogen-bond donors (Lipinski definition) is 5. The second-order valence-electron chi connectivity index (χ2n) is 10.5. The predicted octanol–water partition coefficient (Wildman–Crippen LogP) is 2.63. The molecule has 1 fully saturated rings. The summed E-state index contributed by atoms with van der Waals surface area (Å²) in [5, 5.41) is 50.1. The van der Waals surface area contributed by atoms with Crippen LogP contribution in [0, 0.1) is 0 Å². The third kappa shape index (κ3) is 7.46. The molecule has 6 atom stereocenters. The molecule has 0 spiro atoms. The van der Waals surface area contributed by atoms with E-state index in [4.69, 9.17) is 23.4 Å². The first kappa shape index (κ1) is 32.2. The minimum atomic E-state index is -1.59. The molecule has 4 rings (SSSR count). The van der Waals surface area contributed by atoms with Crippen molar-refractivity contribution in [1.82, 2.24) is 0 Å². The highest BCUT2D eigenvalue weighted by Crippen LogP contribution is 2.32. The Morgan fingerprint density at radius 3 is 2.37 bits per heavy atom. The molecule has 5 N–H and O–H groups in total. The molecule has 3 aromatic rings. The van der Waals surface area contributed by atoms with E-state index in [1.54, 1.807) is 12.1 Å². The van der Waals surface area contributed by atoms with Crippen LogP contribution in [0.25, 0.3) is 22.1 Å². The summed E-state index contributed by atoms with van der Waals surface area (Å²) >= 11 is 0.